The lowest BCUT2D eigenvalue weighted by molar-refractivity contribution is 0.766. The minimum absolute atomic E-state index is 0.207. The minimum Gasteiger partial charge on any atom is -0.326 e. The summed E-state index contributed by atoms with van der Waals surface area (Å²) >= 11 is 1.43. The molecule has 0 aliphatic carbocycles. The third-order valence-corrected chi connectivity index (χ3v) is 3.26. The summed E-state index contributed by atoms with van der Waals surface area (Å²) in [5, 5.41) is 6.96. The summed E-state index contributed by atoms with van der Waals surface area (Å²) in [5.41, 5.74) is 6.39. The molecule has 0 bridgehead atoms. The first-order chi connectivity index (χ1) is 7.70. The van der Waals surface area contributed by atoms with Gasteiger partial charge in [-0.05, 0) is 29.5 Å². The number of nitrogens with zero attached hydrogens (tertiary/aromatic N) is 2. The van der Waals surface area contributed by atoms with Gasteiger partial charge in [0.25, 0.3) is 0 Å². The van der Waals surface area contributed by atoms with E-state index in [-0.39, 0.29) is 5.69 Å². The van der Waals surface area contributed by atoms with E-state index in [1.807, 2.05) is 24.3 Å². The third kappa shape index (κ3) is 2.17. The van der Waals surface area contributed by atoms with Crippen molar-refractivity contribution in [3.05, 3.63) is 40.3 Å². The Bertz CT molecular complexity index is 528. The predicted octanol–water partition coefficient (Wildman–Crippen LogP) is 0.718. The molecule has 0 radical (unpaired) electrons. The third-order valence-electron chi connectivity index (χ3n) is 2.21. The van der Waals surface area contributed by atoms with Crippen LogP contribution in [0.3, 0.4) is 0 Å². The maximum Gasteiger partial charge on any atom is 0.343 e. The summed E-state index contributed by atoms with van der Waals surface area (Å²) in [7, 11) is 1.68. The Kier molecular flexibility index (Phi) is 3.12. The summed E-state index contributed by atoms with van der Waals surface area (Å²) in [6.45, 7) is 0.534. The second-order valence-electron chi connectivity index (χ2n) is 3.32. The summed E-state index contributed by atoms with van der Waals surface area (Å²) in [5.74, 6) is 0. The van der Waals surface area contributed by atoms with Crippen molar-refractivity contribution in [3.63, 3.8) is 0 Å². The topological polar surface area (TPSA) is 76.7 Å². The lowest BCUT2D eigenvalue weighted by Gasteiger charge is -2.01. The lowest BCUT2D eigenvalue weighted by atomic mass is 10.2. The largest absolute Gasteiger partial charge is 0.343 e. The zero-order chi connectivity index (χ0) is 11.5. The molecule has 0 aliphatic heterocycles. The highest BCUT2D eigenvalue weighted by Crippen LogP contribution is 2.24. The number of benzene rings is 1. The molecule has 6 heteroatoms. The zero-order valence-electron chi connectivity index (χ0n) is 8.80. The molecule has 0 saturated heterocycles. The molecule has 0 fully saturated rings. The molecular weight excluding hydrogens is 224 g/mol. The molecular formula is C10H12N4OS. The van der Waals surface area contributed by atoms with Gasteiger partial charge in [-0.15, -0.1) is 5.10 Å². The minimum atomic E-state index is -0.207. The van der Waals surface area contributed by atoms with E-state index >= 15 is 0 Å². The monoisotopic (exact) mass is 236 g/mol. The van der Waals surface area contributed by atoms with Crippen molar-refractivity contribution >= 4 is 11.8 Å². The van der Waals surface area contributed by atoms with Gasteiger partial charge in [0, 0.05) is 18.5 Å². The fraction of sp³-hybridized carbons (Fsp3) is 0.200. The van der Waals surface area contributed by atoms with Crippen LogP contribution >= 0.6 is 11.8 Å². The number of nitrogens with one attached hydrogen (secondary N) is 1. The van der Waals surface area contributed by atoms with E-state index in [0.717, 1.165) is 10.5 Å². The molecule has 0 unspecified atom stereocenters. The number of H-pyrrole nitrogens is 1. The van der Waals surface area contributed by atoms with E-state index in [9.17, 15) is 4.79 Å². The maximum atomic E-state index is 11.1. The molecule has 1 heterocycles. The maximum absolute atomic E-state index is 11.1. The molecule has 16 heavy (non-hydrogen) atoms. The van der Waals surface area contributed by atoms with Gasteiger partial charge in [0.05, 0.1) is 0 Å². The molecule has 0 amide bonds. The zero-order valence-corrected chi connectivity index (χ0v) is 9.62. The molecule has 84 valence electrons. The van der Waals surface area contributed by atoms with Gasteiger partial charge in [-0.25, -0.2) is 9.89 Å². The predicted molar refractivity (Wildman–Crippen MR) is 62.3 cm³/mol. The summed E-state index contributed by atoms with van der Waals surface area (Å²) in [6, 6.07) is 7.86. The first kappa shape index (κ1) is 11.0. The van der Waals surface area contributed by atoms with E-state index in [1.54, 1.807) is 7.05 Å². The molecule has 2 aromatic rings. The highest BCUT2D eigenvalue weighted by atomic mass is 32.2. The van der Waals surface area contributed by atoms with E-state index in [4.69, 9.17) is 5.73 Å². The van der Waals surface area contributed by atoms with Crippen LogP contribution in [-0.4, -0.2) is 14.8 Å². The van der Waals surface area contributed by atoms with Crippen LogP contribution in [0.2, 0.25) is 0 Å². The van der Waals surface area contributed by atoms with Crippen LogP contribution in [-0.2, 0) is 13.6 Å². The van der Waals surface area contributed by atoms with Gasteiger partial charge >= 0.3 is 5.69 Å². The van der Waals surface area contributed by atoms with Gasteiger partial charge in [-0.1, -0.05) is 12.1 Å². The number of hydrogen-bond donors (Lipinski definition) is 2. The van der Waals surface area contributed by atoms with Crippen molar-refractivity contribution in [1.82, 2.24) is 14.8 Å². The lowest BCUT2D eigenvalue weighted by Crippen LogP contribution is -2.12. The van der Waals surface area contributed by atoms with Crippen LogP contribution < -0.4 is 11.4 Å². The molecule has 0 aliphatic rings. The van der Waals surface area contributed by atoms with Gasteiger partial charge in [0.2, 0.25) is 0 Å². The first-order valence-corrected chi connectivity index (χ1v) is 5.60. The molecule has 0 atom stereocenters. The smallest absolute Gasteiger partial charge is 0.326 e. The second-order valence-corrected chi connectivity index (χ2v) is 4.36. The van der Waals surface area contributed by atoms with Crippen molar-refractivity contribution in [2.75, 3.05) is 0 Å². The van der Waals surface area contributed by atoms with Gasteiger partial charge in [-0.3, -0.25) is 4.57 Å². The van der Waals surface area contributed by atoms with Crippen LogP contribution in [0.25, 0.3) is 0 Å². The molecule has 1 aromatic carbocycles. The Morgan fingerprint density at radius 1 is 1.44 bits per heavy atom. The molecule has 3 N–H and O–H groups in total. The Labute approximate surface area is 96.7 Å². The summed E-state index contributed by atoms with van der Waals surface area (Å²) < 4.78 is 1.47. The average Bonchev–Trinajstić information content (AvgIpc) is 2.62. The van der Waals surface area contributed by atoms with Crippen LogP contribution in [0.5, 0.6) is 0 Å². The fourth-order valence-electron chi connectivity index (χ4n) is 1.22. The van der Waals surface area contributed by atoms with Crippen molar-refractivity contribution in [2.24, 2.45) is 12.8 Å². The number of nitrogens with two attached hydrogens (primary N) is 1. The number of hydrogen-bond acceptors (Lipinski definition) is 4. The Hall–Kier alpha value is -1.53. The van der Waals surface area contributed by atoms with Crippen LogP contribution in [0.15, 0.2) is 39.1 Å². The molecule has 2 rings (SSSR count). The van der Waals surface area contributed by atoms with Gasteiger partial charge < -0.3 is 5.73 Å². The Morgan fingerprint density at radius 2 is 2.12 bits per heavy atom. The van der Waals surface area contributed by atoms with Crippen molar-refractivity contribution < 1.29 is 0 Å². The second kappa shape index (κ2) is 4.54. The van der Waals surface area contributed by atoms with Crippen molar-refractivity contribution in [3.8, 4) is 0 Å². The highest BCUT2D eigenvalue weighted by Gasteiger charge is 2.05. The SMILES string of the molecule is Cn1c(Sc2ccc(CN)cc2)n[nH]c1=O. The summed E-state index contributed by atoms with van der Waals surface area (Å²) in [6.07, 6.45) is 0. The highest BCUT2D eigenvalue weighted by molar-refractivity contribution is 7.99. The quantitative estimate of drug-likeness (QED) is 0.823. The van der Waals surface area contributed by atoms with E-state index in [2.05, 4.69) is 10.2 Å². The molecule has 5 nitrogen and oxygen atoms in total. The standard InChI is InChI=1S/C10H12N4OS/c1-14-9(15)12-13-10(14)16-8-4-2-7(6-11)3-5-8/h2-5H,6,11H2,1H3,(H,12,15). The molecule has 1 aromatic heterocycles. The summed E-state index contributed by atoms with van der Waals surface area (Å²) in [4.78, 5) is 12.2. The van der Waals surface area contributed by atoms with Crippen molar-refractivity contribution in [2.45, 2.75) is 16.6 Å². The van der Waals surface area contributed by atoms with E-state index in [0.29, 0.717) is 11.7 Å². The Morgan fingerprint density at radius 3 is 2.62 bits per heavy atom. The van der Waals surface area contributed by atoms with E-state index in [1.165, 1.54) is 16.3 Å². The van der Waals surface area contributed by atoms with E-state index < -0.39 is 0 Å². The molecule has 0 spiro atoms. The fourth-order valence-corrected chi connectivity index (χ4v) is 2.02. The first-order valence-electron chi connectivity index (χ1n) is 4.79. The van der Waals surface area contributed by atoms with Crippen molar-refractivity contribution in [1.29, 1.82) is 0 Å². The van der Waals surface area contributed by atoms with Gasteiger partial charge in [-0.2, -0.15) is 0 Å². The van der Waals surface area contributed by atoms with Crippen LogP contribution in [0.4, 0.5) is 0 Å². The number of aromatic nitrogens is 3. The van der Waals surface area contributed by atoms with Gasteiger partial charge in [0.15, 0.2) is 5.16 Å². The van der Waals surface area contributed by atoms with Crippen LogP contribution in [0.1, 0.15) is 5.56 Å². The normalized spacial score (nSPS) is 10.6. The average molecular weight is 236 g/mol. The number of aromatic amines is 1. The molecule has 0 saturated carbocycles. The van der Waals surface area contributed by atoms with Gasteiger partial charge in [0.1, 0.15) is 0 Å². The van der Waals surface area contributed by atoms with Crippen LogP contribution in [0, 0.1) is 0 Å². The Balaban J connectivity index is 2.20. The number of rotatable bonds is 3.